The van der Waals surface area contributed by atoms with Crippen LogP contribution in [0.4, 0.5) is 0 Å². The first-order valence-corrected chi connectivity index (χ1v) is 12.0. The van der Waals surface area contributed by atoms with Crippen LogP contribution in [-0.2, 0) is 28.6 Å². The topological polar surface area (TPSA) is 130 Å². The number of Topliss-reactive ketones (excluding diaryl/α,β-unsaturated/α-hetero) is 1. The van der Waals surface area contributed by atoms with Gasteiger partial charge in [0.25, 0.3) is 0 Å². The SMILES string of the molecule is CCOC(=O)C1(C#N)C2CC(=O)C(C2N2CCOCC2)C(C#N)(C(=O)OCC)C1c1ccccc1. The lowest BCUT2D eigenvalue weighted by Crippen LogP contribution is -2.67. The van der Waals surface area contributed by atoms with E-state index >= 15 is 0 Å². The van der Waals surface area contributed by atoms with Gasteiger partial charge < -0.3 is 14.2 Å². The number of ether oxygens (including phenoxy) is 3. The van der Waals surface area contributed by atoms with E-state index in [1.165, 1.54) is 0 Å². The van der Waals surface area contributed by atoms with E-state index in [-0.39, 0.29) is 25.4 Å². The van der Waals surface area contributed by atoms with Crippen molar-refractivity contribution in [1.29, 1.82) is 10.5 Å². The zero-order valence-electron chi connectivity index (χ0n) is 19.9. The first kappa shape index (κ1) is 24.8. The van der Waals surface area contributed by atoms with E-state index in [1.807, 2.05) is 4.90 Å². The lowest BCUT2D eigenvalue weighted by molar-refractivity contribution is -0.179. The zero-order valence-corrected chi connectivity index (χ0v) is 19.9. The fraction of sp³-hybridized carbons (Fsp3) is 0.577. The van der Waals surface area contributed by atoms with E-state index in [1.54, 1.807) is 44.2 Å². The lowest BCUT2D eigenvalue weighted by atomic mass is 9.47. The van der Waals surface area contributed by atoms with Gasteiger partial charge in [-0.15, -0.1) is 0 Å². The Morgan fingerprint density at radius 2 is 1.60 bits per heavy atom. The number of ketones is 1. The quantitative estimate of drug-likeness (QED) is 0.561. The van der Waals surface area contributed by atoms with Crippen molar-refractivity contribution in [1.82, 2.24) is 4.90 Å². The molecule has 4 rings (SSSR count). The first-order chi connectivity index (χ1) is 16.9. The molecule has 2 saturated carbocycles. The lowest BCUT2D eigenvalue weighted by Gasteiger charge is -2.55. The highest BCUT2D eigenvalue weighted by Crippen LogP contribution is 2.67. The maximum atomic E-state index is 13.8. The highest BCUT2D eigenvalue weighted by molar-refractivity contribution is 5.99. The third-order valence-corrected chi connectivity index (χ3v) is 7.70. The highest BCUT2D eigenvalue weighted by atomic mass is 16.5. The maximum absolute atomic E-state index is 13.8. The van der Waals surface area contributed by atoms with Crippen LogP contribution in [0.15, 0.2) is 30.3 Å². The second kappa shape index (κ2) is 9.77. The van der Waals surface area contributed by atoms with Gasteiger partial charge in [-0.25, -0.2) is 0 Å². The van der Waals surface area contributed by atoms with Crippen LogP contribution in [0.2, 0.25) is 0 Å². The minimum Gasteiger partial charge on any atom is -0.465 e. The normalized spacial score (nSPS) is 34.5. The smallest absolute Gasteiger partial charge is 0.328 e. The van der Waals surface area contributed by atoms with Crippen molar-refractivity contribution in [3.63, 3.8) is 0 Å². The summed E-state index contributed by atoms with van der Waals surface area (Å²) in [4.78, 5) is 43.2. The number of rotatable bonds is 6. The summed E-state index contributed by atoms with van der Waals surface area (Å²) < 4.78 is 16.4. The molecule has 1 saturated heterocycles. The third kappa shape index (κ3) is 3.53. The number of esters is 2. The number of fused-ring (bicyclic) bond motifs is 2. The Balaban J connectivity index is 2.07. The summed E-state index contributed by atoms with van der Waals surface area (Å²) in [7, 11) is 0. The van der Waals surface area contributed by atoms with E-state index < -0.39 is 46.6 Å². The molecule has 0 amide bonds. The maximum Gasteiger partial charge on any atom is 0.328 e. The molecule has 1 aliphatic heterocycles. The molecular weight excluding hydrogens is 450 g/mol. The number of carbonyl (C=O) groups is 3. The largest absolute Gasteiger partial charge is 0.465 e. The molecular formula is C26H29N3O6. The van der Waals surface area contributed by atoms with Gasteiger partial charge in [0.1, 0.15) is 5.78 Å². The Morgan fingerprint density at radius 3 is 2.14 bits per heavy atom. The van der Waals surface area contributed by atoms with Gasteiger partial charge in [-0.1, -0.05) is 30.3 Å². The van der Waals surface area contributed by atoms with Crippen LogP contribution in [0.25, 0.3) is 0 Å². The number of hydrogen-bond donors (Lipinski definition) is 0. The van der Waals surface area contributed by atoms with Gasteiger partial charge in [-0.05, 0) is 19.4 Å². The molecule has 6 atom stereocenters. The van der Waals surface area contributed by atoms with Crippen molar-refractivity contribution in [3.05, 3.63) is 35.9 Å². The number of nitriles is 2. The van der Waals surface area contributed by atoms with Crippen molar-refractivity contribution in [2.75, 3.05) is 39.5 Å². The van der Waals surface area contributed by atoms with Crippen LogP contribution in [0.3, 0.4) is 0 Å². The van der Waals surface area contributed by atoms with E-state index in [9.17, 15) is 24.9 Å². The van der Waals surface area contributed by atoms with Crippen LogP contribution in [0.5, 0.6) is 0 Å². The summed E-state index contributed by atoms with van der Waals surface area (Å²) in [5, 5.41) is 21.5. The molecule has 3 fully saturated rings. The van der Waals surface area contributed by atoms with Crippen LogP contribution in [0, 0.1) is 45.3 Å². The fourth-order valence-electron chi connectivity index (χ4n) is 6.49. The molecule has 3 aliphatic rings. The zero-order chi connectivity index (χ0) is 25.2. The average Bonchev–Trinajstić information content (AvgIpc) is 3.19. The van der Waals surface area contributed by atoms with Gasteiger partial charge in [0.05, 0.1) is 44.5 Å². The Hall–Kier alpha value is -3.27. The van der Waals surface area contributed by atoms with E-state index in [4.69, 9.17) is 14.2 Å². The van der Waals surface area contributed by atoms with Gasteiger partial charge in [0.15, 0.2) is 10.8 Å². The number of nitrogens with zero attached hydrogens (tertiary/aromatic N) is 3. The Bertz CT molecular complexity index is 1070. The molecule has 1 heterocycles. The minimum atomic E-state index is -2.09. The number of morpholine rings is 1. The monoisotopic (exact) mass is 479 g/mol. The second-order valence-corrected chi connectivity index (χ2v) is 9.14. The molecule has 2 bridgehead atoms. The molecule has 0 N–H and O–H groups in total. The van der Waals surface area contributed by atoms with Gasteiger partial charge in [0.2, 0.25) is 0 Å². The van der Waals surface area contributed by atoms with Crippen molar-refractivity contribution >= 4 is 17.7 Å². The minimum absolute atomic E-state index is 0.00898. The second-order valence-electron chi connectivity index (χ2n) is 9.14. The molecule has 0 spiro atoms. The molecule has 1 aromatic rings. The van der Waals surface area contributed by atoms with Crippen LogP contribution >= 0.6 is 0 Å². The number of carbonyl (C=O) groups excluding carboxylic acids is 3. The van der Waals surface area contributed by atoms with Crippen molar-refractivity contribution in [3.8, 4) is 12.1 Å². The molecule has 184 valence electrons. The summed E-state index contributed by atoms with van der Waals surface area (Å²) >= 11 is 0. The predicted molar refractivity (Wildman–Crippen MR) is 121 cm³/mol. The van der Waals surface area contributed by atoms with E-state index in [0.717, 1.165) is 0 Å². The number of benzene rings is 1. The molecule has 9 heteroatoms. The van der Waals surface area contributed by atoms with Gasteiger partial charge in [-0.3, -0.25) is 19.3 Å². The molecule has 0 aromatic heterocycles. The Kier molecular flexibility index (Phi) is 6.93. The van der Waals surface area contributed by atoms with Crippen LogP contribution in [0.1, 0.15) is 31.7 Å². The third-order valence-electron chi connectivity index (χ3n) is 7.70. The van der Waals surface area contributed by atoms with Crippen molar-refractivity contribution < 1.29 is 28.6 Å². The van der Waals surface area contributed by atoms with Crippen molar-refractivity contribution in [2.45, 2.75) is 32.2 Å². The molecule has 6 unspecified atom stereocenters. The van der Waals surface area contributed by atoms with Crippen LogP contribution < -0.4 is 0 Å². The highest BCUT2D eigenvalue weighted by Gasteiger charge is 2.78. The summed E-state index contributed by atoms with van der Waals surface area (Å²) in [5.41, 5.74) is -3.60. The molecule has 9 nitrogen and oxygen atoms in total. The molecule has 0 radical (unpaired) electrons. The fourth-order valence-corrected chi connectivity index (χ4v) is 6.49. The molecule has 1 aromatic carbocycles. The van der Waals surface area contributed by atoms with Gasteiger partial charge in [-0.2, -0.15) is 10.5 Å². The number of hydrogen-bond acceptors (Lipinski definition) is 9. The Morgan fingerprint density at radius 1 is 1.03 bits per heavy atom. The summed E-state index contributed by atoms with van der Waals surface area (Å²) in [5.74, 6) is -5.10. The van der Waals surface area contributed by atoms with Crippen LogP contribution in [-0.4, -0.2) is 68.2 Å². The average molecular weight is 480 g/mol. The van der Waals surface area contributed by atoms with Crippen molar-refractivity contribution in [2.24, 2.45) is 22.7 Å². The first-order valence-electron chi connectivity index (χ1n) is 12.0. The Labute approximate surface area is 204 Å². The standard InChI is InChI=1S/C26H29N3O6/c1-3-34-23(31)25(15-27)18-14-19(30)20(21(18)29-10-12-33-13-11-29)26(16-28,24(32)35-4-2)22(25)17-8-6-5-7-9-17/h5-9,18,20-22H,3-4,10-14H2,1-2H3. The van der Waals surface area contributed by atoms with E-state index in [2.05, 4.69) is 12.1 Å². The predicted octanol–water partition coefficient (Wildman–Crippen LogP) is 1.84. The molecule has 2 aliphatic carbocycles. The van der Waals surface area contributed by atoms with E-state index in [0.29, 0.717) is 31.9 Å². The summed E-state index contributed by atoms with van der Waals surface area (Å²) in [6.45, 7) is 4.96. The summed E-state index contributed by atoms with van der Waals surface area (Å²) in [6.07, 6.45) is -0.106. The van der Waals surface area contributed by atoms with Gasteiger partial charge in [0, 0.05) is 37.4 Å². The summed E-state index contributed by atoms with van der Waals surface area (Å²) in [6, 6.07) is 12.2. The van der Waals surface area contributed by atoms with Gasteiger partial charge >= 0.3 is 11.9 Å². The molecule has 35 heavy (non-hydrogen) atoms.